The van der Waals surface area contributed by atoms with E-state index in [0.717, 1.165) is 12.3 Å². The van der Waals surface area contributed by atoms with Gasteiger partial charge in [-0.05, 0) is 38.0 Å². The van der Waals surface area contributed by atoms with Crippen molar-refractivity contribution in [3.8, 4) is 0 Å². The minimum absolute atomic E-state index is 0.289. The monoisotopic (exact) mass is 126 g/mol. The number of aliphatic hydroxyl groups is 1. The van der Waals surface area contributed by atoms with Crippen LogP contribution in [0, 0.1) is 11.8 Å². The molecule has 0 aliphatic heterocycles. The Bertz CT molecular complexity index is 129. The highest BCUT2D eigenvalue weighted by Gasteiger charge is 2.51. The van der Waals surface area contributed by atoms with Crippen LogP contribution < -0.4 is 0 Å². The normalized spacial score (nSPS) is 56.7. The van der Waals surface area contributed by atoms with E-state index >= 15 is 0 Å². The van der Waals surface area contributed by atoms with Crippen molar-refractivity contribution in [1.82, 2.24) is 0 Å². The van der Waals surface area contributed by atoms with E-state index in [-0.39, 0.29) is 5.60 Å². The molecule has 3 atom stereocenters. The summed E-state index contributed by atoms with van der Waals surface area (Å²) in [5.41, 5.74) is -0.289. The molecular weight excluding hydrogens is 112 g/mol. The molecule has 52 valence electrons. The fourth-order valence-electron chi connectivity index (χ4n) is 2.24. The molecule has 0 radical (unpaired) electrons. The SMILES string of the molecule is C[C@]1(O)CCCC2CC21. The molecule has 0 spiro atoms. The highest BCUT2D eigenvalue weighted by Crippen LogP contribution is 2.54. The highest BCUT2D eigenvalue weighted by molar-refractivity contribution is 5.01. The molecular formula is C8H14O. The summed E-state index contributed by atoms with van der Waals surface area (Å²) in [4.78, 5) is 0. The second-order valence-electron chi connectivity index (χ2n) is 3.85. The molecule has 0 aromatic rings. The van der Waals surface area contributed by atoms with Gasteiger partial charge >= 0.3 is 0 Å². The third-order valence-electron chi connectivity index (χ3n) is 2.98. The average molecular weight is 126 g/mol. The fraction of sp³-hybridized carbons (Fsp3) is 1.00. The van der Waals surface area contributed by atoms with Gasteiger partial charge in [0.15, 0.2) is 0 Å². The lowest BCUT2D eigenvalue weighted by Gasteiger charge is -2.27. The zero-order valence-electron chi connectivity index (χ0n) is 5.93. The van der Waals surface area contributed by atoms with E-state index in [4.69, 9.17) is 0 Å². The first kappa shape index (κ1) is 5.72. The Morgan fingerprint density at radius 1 is 1.56 bits per heavy atom. The third kappa shape index (κ3) is 0.787. The molecule has 2 aliphatic rings. The molecule has 0 saturated heterocycles. The highest BCUT2D eigenvalue weighted by atomic mass is 16.3. The van der Waals surface area contributed by atoms with Crippen molar-refractivity contribution >= 4 is 0 Å². The number of rotatable bonds is 0. The van der Waals surface area contributed by atoms with Gasteiger partial charge in [0.1, 0.15) is 0 Å². The molecule has 2 fully saturated rings. The number of hydrogen-bond acceptors (Lipinski definition) is 1. The lowest BCUT2D eigenvalue weighted by molar-refractivity contribution is 0.00747. The van der Waals surface area contributed by atoms with Gasteiger partial charge in [-0.15, -0.1) is 0 Å². The van der Waals surface area contributed by atoms with Crippen LogP contribution in [0.15, 0.2) is 0 Å². The lowest BCUT2D eigenvalue weighted by atomic mass is 9.86. The summed E-state index contributed by atoms with van der Waals surface area (Å²) in [6.45, 7) is 2.00. The van der Waals surface area contributed by atoms with E-state index in [1.54, 1.807) is 0 Å². The van der Waals surface area contributed by atoms with Crippen LogP contribution in [0.25, 0.3) is 0 Å². The van der Waals surface area contributed by atoms with E-state index in [0.29, 0.717) is 5.92 Å². The van der Waals surface area contributed by atoms with Crippen molar-refractivity contribution in [3.05, 3.63) is 0 Å². The molecule has 2 saturated carbocycles. The van der Waals surface area contributed by atoms with Crippen LogP contribution in [0.2, 0.25) is 0 Å². The topological polar surface area (TPSA) is 20.2 Å². The summed E-state index contributed by atoms with van der Waals surface area (Å²) in [6, 6.07) is 0. The summed E-state index contributed by atoms with van der Waals surface area (Å²) >= 11 is 0. The van der Waals surface area contributed by atoms with Crippen molar-refractivity contribution < 1.29 is 5.11 Å². The van der Waals surface area contributed by atoms with Crippen molar-refractivity contribution in [3.63, 3.8) is 0 Å². The fourth-order valence-corrected chi connectivity index (χ4v) is 2.24. The molecule has 2 rings (SSSR count). The predicted molar refractivity (Wildman–Crippen MR) is 36.1 cm³/mol. The van der Waals surface area contributed by atoms with Gasteiger partial charge in [0.05, 0.1) is 5.60 Å². The molecule has 1 N–H and O–H groups in total. The molecule has 2 aliphatic carbocycles. The Balaban J connectivity index is 2.09. The Labute approximate surface area is 56.1 Å². The maximum atomic E-state index is 9.68. The van der Waals surface area contributed by atoms with Crippen LogP contribution in [-0.2, 0) is 0 Å². The second kappa shape index (κ2) is 1.51. The largest absolute Gasteiger partial charge is 0.390 e. The summed E-state index contributed by atoms with van der Waals surface area (Å²) < 4.78 is 0. The van der Waals surface area contributed by atoms with Gasteiger partial charge in [0.2, 0.25) is 0 Å². The van der Waals surface area contributed by atoms with Crippen LogP contribution >= 0.6 is 0 Å². The molecule has 0 heterocycles. The van der Waals surface area contributed by atoms with Crippen molar-refractivity contribution in [2.45, 2.75) is 38.2 Å². The maximum Gasteiger partial charge on any atom is 0.0650 e. The van der Waals surface area contributed by atoms with Crippen LogP contribution in [0.5, 0.6) is 0 Å². The molecule has 9 heavy (non-hydrogen) atoms. The summed E-state index contributed by atoms with van der Waals surface area (Å²) in [5.74, 6) is 1.57. The molecule has 2 unspecified atom stereocenters. The average Bonchev–Trinajstić information content (AvgIpc) is 2.43. The zero-order chi connectivity index (χ0) is 6.48. The summed E-state index contributed by atoms with van der Waals surface area (Å²) in [7, 11) is 0. The van der Waals surface area contributed by atoms with E-state index in [2.05, 4.69) is 0 Å². The van der Waals surface area contributed by atoms with Crippen LogP contribution in [0.3, 0.4) is 0 Å². The van der Waals surface area contributed by atoms with Gasteiger partial charge in [-0.3, -0.25) is 0 Å². The minimum atomic E-state index is -0.289. The van der Waals surface area contributed by atoms with E-state index < -0.39 is 0 Å². The molecule has 0 amide bonds. The maximum absolute atomic E-state index is 9.68. The first-order valence-corrected chi connectivity index (χ1v) is 3.92. The minimum Gasteiger partial charge on any atom is -0.390 e. The van der Waals surface area contributed by atoms with Crippen LogP contribution in [0.1, 0.15) is 32.6 Å². The summed E-state index contributed by atoms with van der Waals surface area (Å²) in [6.07, 6.45) is 4.95. The number of hydrogen-bond donors (Lipinski definition) is 1. The van der Waals surface area contributed by atoms with E-state index in [1.807, 2.05) is 6.92 Å². The number of fused-ring (bicyclic) bond motifs is 1. The summed E-state index contributed by atoms with van der Waals surface area (Å²) in [5, 5.41) is 9.68. The van der Waals surface area contributed by atoms with Gasteiger partial charge in [-0.25, -0.2) is 0 Å². The van der Waals surface area contributed by atoms with E-state index in [9.17, 15) is 5.11 Å². The van der Waals surface area contributed by atoms with Crippen molar-refractivity contribution in [2.24, 2.45) is 11.8 Å². The molecule has 0 aromatic carbocycles. The third-order valence-corrected chi connectivity index (χ3v) is 2.98. The lowest BCUT2D eigenvalue weighted by Crippen LogP contribution is -2.30. The molecule has 1 heteroatoms. The Hall–Kier alpha value is -0.0400. The Kier molecular flexibility index (Phi) is 0.963. The molecule has 0 bridgehead atoms. The zero-order valence-corrected chi connectivity index (χ0v) is 5.93. The first-order valence-electron chi connectivity index (χ1n) is 3.92. The predicted octanol–water partition coefficient (Wildman–Crippen LogP) is 1.56. The van der Waals surface area contributed by atoms with Crippen LogP contribution in [0.4, 0.5) is 0 Å². The second-order valence-corrected chi connectivity index (χ2v) is 3.85. The smallest absolute Gasteiger partial charge is 0.0650 e. The molecule has 1 nitrogen and oxygen atoms in total. The van der Waals surface area contributed by atoms with E-state index in [1.165, 1.54) is 19.3 Å². The van der Waals surface area contributed by atoms with Gasteiger partial charge < -0.3 is 5.11 Å². The standard InChI is InChI=1S/C8H14O/c1-8(9)4-2-3-6-5-7(6)8/h6-7,9H,2-5H2,1H3/t6?,7?,8-/m0/s1. The molecule has 0 aromatic heterocycles. The van der Waals surface area contributed by atoms with Gasteiger partial charge in [0.25, 0.3) is 0 Å². The van der Waals surface area contributed by atoms with Crippen molar-refractivity contribution in [1.29, 1.82) is 0 Å². The van der Waals surface area contributed by atoms with Gasteiger partial charge in [-0.2, -0.15) is 0 Å². The van der Waals surface area contributed by atoms with Crippen molar-refractivity contribution in [2.75, 3.05) is 0 Å². The van der Waals surface area contributed by atoms with Gasteiger partial charge in [-0.1, -0.05) is 6.42 Å². The van der Waals surface area contributed by atoms with Gasteiger partial charge in [0, 0.05) is 0 Å². The first-order chi connectivity index (χ1) is 4.20. The Morgan fingerprint density at radius 3 is 2.89 bits per heavy atom. The van der Waals surface area contributed by atoms with Crippen LogP contribution in [-0.4, -0.2) is 10.7 Å². The quantitative estimate of drug-likeness (QED) is 0.522. The Morgan fingerprint density at radius 2 is 2.33 bits per heavy atom.